The van der Waals surface area contributed by atoms with Crippen LogP contribution >= 0.6 is 15.9 Å². The first-order valence-electron chi connectivity index (χ1n) is 8.99. The molecule has 0 aromatic heterocycles. The van der Waals surface area contributed by atoms with Crippen LogP contribution in [-0.4, -0.2) is 48.8 Å². The van der Waals surface area contributed by atoms with Crippen LogP contribution in [-0.2, 0) is 4.79 Å². The molecular formula is C21H21BrN2O6. The van der Waals surface area contributed by atoms with E-state index >= 15 is 0 Å². The topological polar surface area (TPSA) is 99.0 Å². The molecule has 9 heteroatoms. The van der Waals surface area contributed by atoms with Crippen LogP contribution in [0.5, 0.6) is 11.5 Å². The highest BCUT2D eigenvalue weighted by Crippen LogP contribution is 2.37. The van der Waals surface area contributed by atoms with Crippen molar-refractivity contribution in [2.24, 2.45) is 0 Å². The van der Waals surface area contributed by atoms with E-state index in [4.69, 9.17) is 9.47 Å². The van der Waals surface area contributed by atoms with Crippen molar-refractivity contribution in [1.29, 1.82) is 0 Å². The zero-order valence-corrected chi connectivity index (χ0v) is 18.3. The molecule has 0 atom stereocenters. The van der Waals surface area contributed by atoms with Gasteiger partial charge in [-0.15, -0.1) is 0 Å². The number of benzene rings is 2. The van der Waals surface area contributed by atoms with Crippen molar-refractivity contribution in [1.82, 2.24) is 4.90 Å². The highest BCUT2D eigenvalue weighted by atomic mass is 79.9. The molecule has 2 aromatic carbocycles. The Bertz CT molecular complexity index is 987. The van der Waals surface area contributed by atoms with E-state index in [0.29, 0.717) is 28.1 Å². The zero-order valence-electron chi connectivity index (χ0n) is 16.8. The molecule has 8 nitrogen and oxygen atoms in total. The van der Waals surface area contributed by atoms with Gasteiger partial charge in [0.25, 0.3) is 11.6 Å². The number of halogens is 1. The maximum Gasteiger partial charge on any atom is 0.270 e. The van der Waals surface area contributed by atoms with Crippen molar-refractivity contribution < 1.29 is 24.0 Å². The minimum atomic E-state index is -0.550. The number of nitro benzene ring substituents is 1. The van der Waals surface area contributed by atoms with Crippen molar-refractivity contribution in [3.63, 3.8) is 0 Å². The summed E-state index contributed by atoms with van der Waals surface area (Å²) in [5.41, 5.74) is 0.714. The molecule has 2 rings (SSSR count). The first-order chi connectivity index (χ1) is 14.2. The van der Waals surface area contributed by atoms with Gasteiger partial charge in [0.1, 0.15) is 0 Å². The van der Waals surface area contributed by atoms with Gasteiger partial charge < -0.3 is 14.4 Å². The minimum absolute atomic E-state index is 0.147. The highest BCUT2D eigenvalue weighted by molar-refractivity contribution is 9.10. The number of ether oxygens (including phenoxy) is 2. The fourth-order valence-electron chi connectivity index (χ4n) is 2.39. The molecule has 0 heterocycles. The van der Waals surface area contributed by atoms with Crippen molar-refractivity contribution in [3.05, 3.63) is 68.2 Å². The molecule has 0 saturated heterocycles. The largest absolute Gasteiger partial charge is 0.490 e. The number of nitrogens with zero attached hydrogens (tertiary/aromatic N) is 2. The third kappa shape index (κ3) is 6.15. The lowest BCUT2D eigenvalue weighted by Gasteiger charge is -2.16. The number of non-ortho nitro benzene ring substituents is 1. The standard InChI is InChI=1S/C21H21BrN2O6/c1-4-29-19-11-14(10-17(22)21(19)30-13-20(26)23(2)3)8-9-18(25)15-6-5-7-16(12-15)24(27)28/h5-12H,4,13H2,1-3H3/b9-8+. The normalized spacial score (nSPS) is 10.7. The van der Waals surface area contributed by atoms with Gasteiger partial charge in [-0.3, -0.25) is 19.7 Å². The summed E-state index contributed by atoms with van der Waals surface area (Å²) in [7, 11) is 3.27. The molecule has 0 saturated carbocycles. The number of hydrogen-bond donors (Lipinski definition) is 0. The third-order valence-electron chi connectivity index (χ3n) is 3.94. The van der Waals surface area contributed by atoms with E-state index in [9.17, 15) is 19.7 Å². The Morgan fingerprint density at radius 3 is 2.57 bits per heavy atom. The molecule has 0 spiro atoms. The van der Waals surface area contributed by atoms with E-state index < -0.39 is 4.92 Å². The van der Waals surface area contributed by atoms with E-state index in [1.165, 1.54) is 35.2 Å². The number of nitro groups is 1. The smallest absolute Gasteiger partial charge is 0.270 e. The monoisotopic (exact) mass is 476 g/mol. The van der Waals surface area contributed by atoms with Gasteiger partial charge in [0.2, 0.25) is 0 Å². The number of allylic oxidation sites excluding steroid dienone is 1. The molecule has 1 amide bonds. The molecule has 0 fully saturated rings. The molecular weight excluding hydrogens is 456 g/mol. The Balaban J connectivity index is 2.25. The number of rotatable bonds is 9. The summed E-state index contributed by atoms with van der Waals surface area (Å²) in [6.45, 7) is 2.05. The van der Waals surface area contributed by atoms with Gasteiger partial charge in [-0.25, -0.2) is 0 Å². The van der Waals surface area contributed by atoms with E-state index in [1.807, 2.05) is 6.92 Å². The van der Waals surface area contributed by atoms with Crippen LogP contribution in [0.15, 0.2) is 46.9 Å². The Morgan fingerprint density at radius 1 is 1.20 bits per heavy atom. The van der Waals surface area contributed by atoms with Crippen LogP contribution in [0.25, 0.3) is 6.08 Å². The Kier molecular flexibility index (Phi) is 8.11. The summed E-state index contributed by atoms with van der Waals surface area (Å²) >= 11 is 3.41. The lowest BCUT2D eigenvalue weighted by Crippen LogP contribution is -2.27. The average Bonchev–Trinajstić information content (AvgIpc) is 2.71. The van der Waals surface area contributed by atoms with Gasteiger partial charge in [-0.2, -0.15) is 0 Å². The third-order valence-corrected chi connectivity index (χ3v) is 4.53. The van der Waals surface area contributed by atoms with Crippen molar-refractivity contribution >= 4 is 39.4 Å². The predicted octanol–water partition coefficient (Wildman–Crippen LogP) is 4.12. The summed E-state index contributed by atoms with van der Waals surface area (Å²) in [6, 6.07) is 8.93. The lowest BCUT2D eigenvalue weighted by atomic mass is 10.1. The first-order valence-corrected chi connectivity index (χ1v) is 9.78. The maximum atomic E-state index is 12.4. The van der Waals surface area contributed by atoms with Crippen LogP contribution < -0.4 is 9.47 Å². The number of hydrogen-bond acceptors (Lipinski definition) is 6. The van der Waals surface area contributed by atoms with E-state index in [1.54, 1.807) is 32.3 Å². The van der Waals surface area contributed by atoms with Crippen molar-refractivity contribution in [2.75, 3.05) is 27.3 Å². The van der Waals surface area contributed by atoms with E-state index in [0.717, 1.165) is 0 Å². The number of carbonyl (C=O) groups excluding carboxylic acids is 2. The van der Waals surface area contributed by atoms with E-state index in [2.05, 4.69) is 15.9 Å². The summed E-state index contributed by atoms with van der Waals surface area (Å²) < 4.78 is 11.8. The maximum absolute atomic E-state index is 12.4. The molecule has 0 N–H and O–H groups in total. The van der Waals surface area contributed by atoms with Crippen LogP contribution in [0.1, 0.15) is 22.8 Å². The summed E-state index contributed by atoms with van der Waals surface area (Å²) in [5.74, 6) is 0.232. The summed E-state index contributed by atoms with van der Waals surface area (Å²) in [5, 5.41) is 10.9. The van der Waals surface area contributed by atoms with Gasteiger partial charge >= 0.3 is 0 Å². The fraction of sp³-hybridized carbons (Fsp3) is 0.238. The fourth-order valence-corrected chi connectivity index (χ4v) is 2.97. The van der Waals surface area contributed by atoms with E-state index in [-0.39, 0.29) is 29.5 Å². The molecule has 0 unspecified atom stereocenters. The predicted molar refractivity (Wildman–Crippen MR) is 116 cm³/mol. The van der Waals surface area contributed by atoms with Crippen molar-refractivity contribution in [2.45, 2.75) is 6.92 Å². The molecule has 30 heavy (non-hydrogen) atoms. The molecule has 0 aliphatic carbocycles. The molecule has 0 aliphatic rings. The number of likely N-dealkylation sites (N-methyl/N-ethyl adjacent to an activating group) is 1. The Hall–Kier alpha value is -3.20. The van der Waals surface area contributed by atoms with Crippen LogP contribution in [0.2, 0.25) is 0 Å². The van der Waals surface area contributed by atoms with Crippen molar-refractivity contribution in [3.8, 4) is 11.5 Å². The van der Waals surface area contributed by atoms with Crippen LogP contribution in [0.4, 0.5) is 5.69 Å². The van der Waals surface area contributed by atoms with Gasteiger partial charge in [-0.05, 0) is 46.6 Å². The lowest BCUT2D eigenvalue weighted by molar-refractivity contribution is -0.384. The molecule has 2 aromatic rings. The Labute approximate surface area is 182 Å². The second kappa shape index (κ2) is 10.5. The van der Waals surface area contributed by atoms with Crippen LogP contribution in [0, 0.1) is 10.1 Å². The van der Waals surface area contributed by atoms with Crippen LogP contribution in [0.3, 0.4) is 0 Å². The molecule has 158 valence electrons. The summed E-state index contributed by atoms with van der Waals surface area (Å²) in [4.78, 5) is 35.9. The van der Waals surface area contributed by atoms with Gasteiger partial charge in [0.05, 0.1) is 16.0 Å². The quantitative estimate of drug-likeness (QED) is 0.233. The number of amides is 1. The Morgan fingerprint density at radius 2 is 1.93 bits per heavy atom. The summed E-state index contributed by atoms with van der Waals surface area (Å²) in [6.07, 6.45) is 2.90. The second-order valence-corrected chi connectivity index (χ2v) is 7.20. The number of carbonyl (C=O) groups is 2. The average molecular weight is 477 g/mol. The zero-order chi connectivity index (χ0) is 22.3. The second-order valence-electron chi connectivity index (χ2n) is 6.34. The minimum Gasteiger partial charge on any atom is -0.490 e. The van der Waals surface area contributed by atoms with Gasteiger partial charge in [0, 0.05) is 31.8 Å². The van der Waals surface area contributed by atoms with Gasteiger partial charge in [-0.1, -0.05) is 18.2 Å². The van der Waals surface area contributed by atoms with Gasteiger partial charge in [0.15, 0.2) is 23.9 Å². The number of ketones is 1. The first kappa shape index (κ1) is 23.1. The highest BCUT2D eigenvalue weighted by Gasteiger charge is 2.15. The SMILES string of the molecule is CCOc1cc(/C=C/C(=O)c2cccc([N+](=O)[O-])c2)cc(Br)c1OCC(=O)N(C)C. The molecule has 0 radical (unpaired) electrons. The molecule has 0 bridgehead atoms. The molecule has 0 aliphatic heterocycles.